The quantitative estimate of drug-likeness (QED) is 0.665. The summed E-state index contributed by atoms with van der Waals surface area (Å²) in [7, 11) is 0. The molecule has 112 valence electrons. The van der Waals surface area contributed by atoms with Crippen LogP contribution < -0.4 is 5.32 Å². The summed E-state index contributed by atoms with van der Waals surface area (Å²) in [4.78, 5) is 36.7. The van der Waals surface area contributed by atoms with Crippen molar-refractivity contribution in [2.24, 2.45) is 0 Å². The van der Waals surface area contributed by atoms with Gasteiger partial charge in [0.05, 0.1) is 13.2 Å². The third-order valence-corrected chi connectivity index (χ3v) is 3.23. The van der Waals surface area contributed by atoms with Gasteiger partial charge in [-0.1, -0.05) is 12.1 Å². The lowest BCUT2D eigenvalue weighted by Gasteiger charge is -2.26. The van der Waals surface area contributed by atoms with E-state index < -0.39 is 0 Å². The monoisotopic (exact) mass is 290 g/mol. The average molecular weight is 290 g/mol. The Hall–Kier alpha value is -2.21. The van der Waals surface area contributed by atoms with E-state index in [2.05, 4.69) is 5.32 Å². The Bertz CT molecular complexity index is 550. The Morgan fingerprint density at radius 3 is 2.62 bits per heavy atom. The molecule has 1 aliphatic rings. The zero-order valence-electron chi connectivity index (χ0n) is 11.9. The van der Waals surface area contributed by atoms with Gasteiger partial charge >= 0.3 is 0 Å². The molecule has 0 saturated carbocycles. The number of hydrogen-bond acceptors (Lipinski definition) is 4. The Balaban J connectivity index is 1.90. The molecule has 1 saturated heterocycles. The summed E-state index contributed by atoms with van der Waals surface area (Å²) in [5, 5.41) is 2.64. The van der Waals surface area contributed by atoms with Crippen LogP contribution in [0.3, 0.4) is 0 Å². The molecule has 0 atom stereocenters. The van der Waals surface area contributed by atoms with Gasteiger partial charge in [-0.05, 0) is 19.1 Å². The highest BCUT2D eigenvalue weighted by atomic mass is 16.5. The number of carbonyl (C=O) groups excluding carboxylic acids is 3. The molecule has 1 fully saturated rings. The predicted molar refractivity (Wildman–Crippen MR) is 77.1 cm³/mol. The van der Waals surface area contributed by atoms with Crippen molar-refractivity contribution in [2.75, 3.05) is 31.6 Å². The van der Waals surface area contributed by atoms with E-state index in [0.29, 0.717) is 37.6 Å². The van der Waals surface area contributed by atoms with Gasteiger partial charge in [0.15, 0.2) is 5.78 Å². The molecule has 0 aliphatic carbocycles. The van der Waals surface area contributed by atoms with Crippen molar-refractivity contribution in [1.82, 2.24) is 4.90 Å². The third-order valence-electron chi connectivity index (χ3n) is 3.23. The van der Waals surface area contributed by atoms with E-state index in [1.165, 1.54) is 6.92 Å². The summed E-state index contributed by atoms with van der Waals surface area (Å²) < 4.78 is 5.16. The number of carbonyl (C=O) groups is 3. The van der Waals surface area contributed by atoms with Crippen LogP contribution >= 0.6 is 0 Å². The molecule has 0 spiro atoms. The van der Waals surface area contributed by atoms with E-state index in [0.717, 1.165) is 0 Å². The van der Waals surface area contributed by atoms with Crippen LogP contribution in [0.2, 0.25) is 0 Å². The van der Waals surface area contributed by atoms with E-state index in [1.807, 2.05) is 0 Å². The van der Waals surface area contributed by atoms with Crippen molar-refractivity contribution >= 4 is 23.3 Å². The minimum Gasteiger partial charge on any atom is -0.378 e. The molecular weight excluding hydrogens is 272 g/mol. The molecule has 6 nitrogen and oxygen atoms in total. The van der Waals surface area contributed by atoms with Crippen LogP contribution in [0, 0.1) is 0 Å². The Morgan fingerprint density at radius 1 is 1.24 bits per heavy atom. The van der Waals surface area contributed by atoms with Crippen LogP contribution in [0.25, 0.3) is 0 Å². The second-order valence-corrected chi connectivity index (χ2v) is 4.86. The molecule has 0 unspecified atom stereocenters. The van der Waals surface area contributed by atoms with Crippen molar-refractivity contribution < 1.29 is 19.1 Å². The Morgan fingerprint density at radius 2 is 1.95 bits per heavy atom. The molecule has 21 heavy (non-hydrogen) atoms. The van der Waals surface area contributed by atoms with Crippen molar-refractivity contribution in [3.8, 4) is 0 Å². The third kappa shape index (κ3) is 4.39. The first kappa shape index (κ1) is 15.2. The fraction of sp³-hybridized carbons (Fsp3) is 0.400. The maximum atomic E-state index is 11.9. The summed E-state index contributed by atoms with van der Waals surface area (Å²) in [5.74, 6) is -0.666. The van der Waals surface area contributed by atoms with Crippen molar-refractivity contribution in [3.63, 3.8) is 0 Å². The standard InChI is InChI=1S/C15H18N2O4/c1-11(18)12-3-2-4-13(9-12)16-14(19)10-15(20)17-5-7-21-8-6-17/h2-4,9H,5-8,10H2,1H3,(H,16,19). The van der Waals surface area contributed by atoms with Gasteiger partial charge in [0, 0.05) is 24.3 Å². The molecule has 1 aromatic rings. The van der Waals surface area contributed by atoms with Crippen LogP contribution in [0.15, 0.2) is 24.3 Å². The second-order valence-electron chi connectivity index (χ2n) is 4.86. The maximum Gasteiger partial charge on any atom is 0.233 e. The number of Topliss-reactive ketones (excluding diaryl/α,β-unsaturated/α-hetero) is 1. The van der Waals surface area contributed by atoms with Gasteiger partial charge in [-0.15, -0.1) is 0 Å². The van der Waals surface area contributed by atoms with E-state index in [-0.39, 0.29) is 24.0 Å². The van der Waals surface area contributed by atoms with Gasteiger partial charge < -0.3 is 15.0 Å². The van der Waals surface area contributed by atoms with E-state index >= 15 is 0 Å². The first-order valence-corrected chi connectivity index (χ1v) is 6.82. The summed E-state index contributed by atoms with van der Waals surface area (Å²) in [6.45, 7) is 3.52. The van der Waals surface area contributed by atoms with Crippen LogP contribution in [-0.4, -0.2) is 48.8 Å². The summed E-state index contributed by atoms with van der Waals surface area (Å²) in [6.07, 6.45) is -0.204. The van der Waals surface area contributed by atoms with Gasteiger partial charge in [0.2, 0.25) is 11.8 Å². The highest BCUT2D eigenvalue weighted by Crippen LogP contribution is 2.12. The fourth-order valence-electron chi connectivity index (χ4n) is 2.08. The van der Waals surface area contributed by atoms with Gasteiger partial charge in [-0.3, -0.25) is 14.4 Å². The topological polar surface area (TPSA) is 75.7 Å². The smallest absolute Gasteiger partial charge is 0.233 e. The average Bonchev–Trinajstić information content (AvgIpc) is 2.48. The number of amides is 2. The number of ketones is 1. The molecule has 0 bridgehead atoms. The number of morpholine rings is 1. The van der Waals surface area contributed by atoms with Gasteiger partial charge in [-0.25, -0.2) is 0 Å². The van der Waals surface area contributed by atoms with E-state index in [1.54, 1.807) is 29.2 Å². The molecule has 2 amide bonds. The largest absolute Gasteiger partial charge is 0.378 e. The minimum absolute atomic E-state index is 0.0736. The number of hydrogen-bond donors (Lipinski definition) is 1. The Kier molecular flexibility index (Phi) is 5.05. The van der Waals surface area contributed by atoms with Gasteiger partial charge in [0.1, 0.15) is 6.42 Å². The lowest BCUT2D eigenvalue weighted by atomic mass is 10.1. The molecule has 1 heterocycles. The van der Waals surface area contributed by atoms with Crippen LogP contribution in [0.1, 0.15) is 23.7 Å². The maximum absolute atomic E-state index is 11.9. The van der Waals surface area contributed by atoms with Gasteiger partial charge in [0.25, 0.3) is 0 Å². The number of rotatable bonds is 4. The number of benzene rings is 1. The molecule has 0 aromatic heterocycles. The summed E-state index contributed by atoms with van der Waals surface area (Å²) >= 11 is 0. The molecule has 1 N–H and O–H groups in total. The Labute approximate surface area is 123 Å². The number of nitrogens with zero attached hydrogens (tertiary/aromatic N) is 1. The fourth-order valence-corrected chi connectivity index (χ4v) is 2.08. The van der Waals surface area contributed by atoms with Crippen molar-refractivity contribution in [3.05, 3.63) is 29.8 Å². The molecule has 1 aromatic carbocycles. The minimum atomic E-state index is -0.382. The van der Waals surface area contributed by atoms with Gasteiger partial charge in [-0.2, -0.15) is 0 Å². The number of anilines is 1. The van der Waals surface area contributed by atoms with E-state index in [4.69, 9.17) is 4.74 Å². The molecular formula is C15H18N2O4. The highest BCUT2D eigenvalue weighted by molar-refractivity contribution is 6.04. The van der Waals surface area contributed by atoms with Crippen LogP contribution in [-0.2, 0) is 14.3 Å². The zero-order valence-corrected chi connectivity index (χ0v) is 11.9. The first-order valence-electron chi connectivity index (χ1n) is 6.82. The first-order chi connectivity index (χ1) is 10.1. The lowest BCUT2D eigenvalue weighted by molar-refractivity contribution is -0.138. The molecule has 2 rings (SSSR count). The molecule has 0 radical (unpaired) electrons. The SMILES string of the molecule is CC(=O)c1cccc(NC(=O)CC(=O)N2CCOCC2)c1. The lowest BCUT2D eigenvalue weighted by Crippen LogP contribution is -2.41. The highest BCUT2D eigenvalue weighted by Gasteiger charge is 2.19. The number of ether oxygens (including phenoxy) is 1. The van der Waals surface area contributed by atoms with Crippen LogP contribution in [0.4, 0.5) is 5.69 Å². The van der Waals surface area contributed by atoms with E-state index in [9.17, 15) is 14.4 Å². The number of nitrogens with one attached hydrogen (secondary N) is 1. The summed E-state index contributed by atoms with van der Waals surface area (Å²) in [6, 6.07) is 6.65. The second kappa shape index (κ2) is 6.99. The normalized spacial score (nSPS) is 14.6. The molecule has 1 aliphatic heterocycles. The van der Waals surface area contributed by atoms with Crippen molar-refractivity contribution in [2.45, 2.75) is 13.3 Å². The summed E-state index contributed by atoms with van der Waals surface area (Å²) in [5.41, 5.74) is 1.04. The van der Waals surface area contributed by atoms with Crippen molar-refractivity contribution in [1.29, 1.82) is 0 Å². The molecule has 6 heteroatoms. The van der Waals surface area contributed by atoms with Crippen LogP contribution in [0.5, 0.6) is 0 Å². The zero-order chi connectivity index (χ0) is 15.2. The predicted octanol–water partition coefficient (Wildman–Crippen LogP) is 1.08.